The summed E-state index contributed by atoms with van der Waals surface area (Å²) >= 11 is 0. The summed E-state index contributed by atoms with van der Waals surface area (Å²) in [5.41, 5.74) is 9.49. The number of carbonyl (C=O) groups excluding carboxylic acids is 2. The molecule has 0 atom stereocenters. The van der Waals surface area contributed by atoms with E-state index in [1.807, 2.05) is 6.07 Å². The van der Waals surface area contributed by atoms with Crippen LogP contribution < -0.4 is 5.73 Å². The number of anilines is 1. The lowest BCUT2D eigenvalue weighted by Gasteiger charge is -2.23. The molecule has 3 rings (SSSR count). The number of hydrogen-bond acceptors (Lipinski definition) is 5. The molecule has 2 aromatic carbocycles. The van der Waals surface area contributed by atoms with E-state index in [-0.39, 0.29) is 24.8 Å². The zero-order chi connectivity index (χ0) is 18.0. The molecule has 130 valence electrons. The Morgan fingerprint density at radius 3 is 2.16 bits per heavy atom. The molecule has 1 aliphatic carbocycles. The average Bonchev–Trinajstić information content (AvgIpc) is 2.62. The van der Waals surface area contributed by atoms with Crippen molar-refractivity contribution in [3.63, 3.8) is 0 Å². The largest absolute Gasteiger partial charge is 0.398 e. The monoisotopic (exact) mass is 339 g/mol. The quantitative estimate of drug-likeness (QED) is 0.596. The van der Waals surface area contributed by atoms with E-state index in [9.17, 15) is 9.59 Å². The van der Waals surface area contributed by atoms with Crippen molar-refractivity contribution in [3.8, 4) is 0 Å². The summed E-state index contributed by atoms with van der Waals surface area (Å²) in [7, 11) is 0. The Kier molecular flexibility index (Phi) is 4.97. The molecule has 4 N–H and O–H groups in total. The maximum absolute atomic E-state index is 13.1. The van der Waals surface area contributed by atoms with Gasteiger partial charge in [0.1, 0.15) is 0 Å². The Labute approximate surface area is 146 Å². The zero-order valence-electron chi connectivity index (χ0n) is 13.9. The highest BCUT2D eigenvalue weighted by Crippen LogP contribution is 2.34. The van der Waals surface area contributed by atoms with Crippen molar-refractivity contribution >= 4 is 17.3 Å². The SMILES string of the molecule is Nc1ccc2c(c1CCCO)C(=O)c1cccc(CCCO)c1C2=O. The van der Waals surface area contributed by atoms with Gasteiger partial charge < -0.3 is 15.9 Å². The highest BCUT2D eigenvalue weighted by Gasteiger charge is 2.33. The van der Waals surface area contributed by atoms with Crippen molar-refractivity contribution in [2.75, 3.05) is 18.9 Å². The van der Waals surface area contributed by atoms with Gasteiger partial charge in [-0.15, -0.1) is 0 Å². The minimum Gasteiger partial charge on any atom is -0.398 e. The van der Waals surface area contributed by atoms with E-state index >= 15 is 0 Å². The molecule has 0 spiro atoms. The van der Waals surface area contributed by atoms with Crippen LogP contribution in [0.5, 0.6) is 0 Å². The van der Waals surface area contributed by atoms with Crippen LogP contribution in [-0.4, -0.2) is 35.0 Å². The van der Waals surface area contributed by atoms with Gasteiger partial charge in [0.05, 0.1) is 0 Å². The molecule has 0 radical (unpaired) electrons. The van der Waals surface area contributed by atoms with Gasteiger partial charge in [-0.25, -0.2) is 0 Å². The van der Waals surface area contributed by atoms with Crippen LogP contribution in [-0.2, 0) is 12.8 Å². The van der Waals surface area contributed by atoms with Gasteiger partial charge in [-0.05, 0) is 48.9 Å². The number of aliphatic hydroxyl groups excluding tert-OH is 2. The fourth-order valence-corrected chi connectivity index (χ4v) is 3.44. The summed E-state index contributed by atoms with van der Waals surface area (Å²) < 4.78 is 0. The Bertz CT molecular complexity index is 842. The molecular weight excluding hydrogens is 318 g/mol. The third kappa shape index (κ3) is 2.97. The van der Waals surface area contributed by atoms with Gasteiger partial charge in [0.2, 0.25) is 0 Å². The second-order valence-electron chi connectivity index (χ2n) is 6.21. The molecule has 2 aromatic rings. The van der Waals surface area contributed by atoms with E-state index < -0.39 is 0 Å². The van der Waals surface area contributed by atoms with E-state index in [2.05, 4.69) is 0 Å². The molecule has 5 nitrogen and oxygen atoms in total. The van der Waals surface area contributed by atoms with Crippen molar-refractivity contribution in [1.82, 2.24) is 0 Å². The maximum Gasteiger partial charge on any atom is 0.194 e. The first-order valence-electron chi connectivity index (χ1n) is 8.44. The highest BCUT2D eigenvalue weighted by atomic mass is 16.3. The zero-order valence-corrected chi connectivity index (χ0v) is 13.9. The van der Waals surface area contributed by atoms with Gasteiger partial charge >= 0.3 is 0 Å². The molecule has 0 aliphatic heterocycles. The molecule has 0 heterocycles. The molecule has 25 heavy (non-hydrogen) atoms. The smallest absolute Gasteiger partial charge is 0.194 e. The van der Waals surface area contributed by atoms with E-state index in [1.54, 1.807) is 24.3 Å². The summed E-state index contributed by atoms with van der Waals surface area (Å²) in [5.74, 6) is -0.376. The van der Waals surface area contributed by atoms with Crippen molar-refractivity contribution in [1.29, 1.82) is 0 Å². The number of rotatable bonds is 6. The third-order valence-corrected chi connectivity index (χ3v) is 4.63. The number of nitrogen functional groups attached to an aromatic ring is 1. The first-order valence-corrected chi connectivity index (χ1v) is 8.44. The summed E-state index contributed by atoms with van der Waals surface area (Å²) in [5, 5.41) is 18.2. The molecule has 0 unspecified atom stereocenters. The van der Waals surface area contributed by atoms with Crippen LogP contribution in [0.1, 0.15) is 55.8 Å². The Morgan fingerprint density at radius 2 is 1.44 bits per heavy atom. The minimum absolute atomic E-state index is 0.00681. The van der Waals surface area contributed by atoms with Gasteiger partial charge in [-0.3, -0.25) is 9.59 Å². The predicted octanol–water partition coefficient (Wildman–Crippen LogP) is 1.89. The summed E-state index contributed by atoms with van der Waals surface area (Å²) in [4.78, 5) is 26.2. The number of aliphatic hydroxyl groups is 2. The van der Waals surface area contributed by atoms with Gasteiger partial charge in [-0.2, -0.15) is 0 Å². The molecule has 0 saturated carbocycles. The topological polar surface area (TPSA) is 101 Å². The Balaban J connectivity index is 2.16. The summed E-state index contributed by atoms with van der Waals surface area (Å²) in [6.45, 7) is 0.0252. The maximum atomic E-state index is 13.1. The number of fused-ring (bicyclic) bond motifs is 2. The first kappa shape index (κ1) is 17.3. The lowest BCUT2D eigenvalue weighted by molar-refractivity contribution is 0.0977. The summed E-state index contributed by atoms with van der Waals surface area (Å²) in [6.07, 6.45) is 2.00. The van der Waals surface area contributed by atoms with Crippen LogP contribution >= 0.6 is 0 Å². The van der Waals surface area contributed by atoms with Crippen LogP contribution in [0.4, 0.5) is 5.69 Å². The van der Waals surface area contributed by atoms with E-state index in [0.29, 0.717) is 59.2 Å². The molecule has 0 fully saturated rings. The van der Waals surface area contributed by atoms with Crippen LogP contribution in [0.25, 0.3) is 0 Å². The van der Waals surface area contributed by atoms with Crippen LogP contribution in [0, 0.1) is 0 Å². The van der Waals surface area contributed by atoms with Crippen LogP contribution in [0.15, 0.2) is 30.3 Å². The number of nitrogens with two attached hydrogens (primary N) is 1. The lowest BCUT2D eigenvalue weighted by Crippen LogP contribution is -2.25. The van der Waals surface area contributed by atoms with Gasteiger partial charge in [0, 0.05) is 41.2 Å². The third-order valence-electron chi connectivity index (χ3n) is 4.63. The first-order chi connectivity index (χ1) is 12.1. The number of carbonyl (C=O) groups is 2. The molecule has 0 amide bonds. The average molecular weight is 339 g/mol. The van der Waals surface area contributed by atoms with Crippen molar-refractivity contribution in [2.24, 2.45) is 0 Å². The molecule has 1 aliphatic rings. The van der Waals surface area contributed by atoms with Crippen molar-refractivity contribution in [3.05, 3.63) is 63.7 Å². The van der Waals surface area contributed by atoms with Crippen LogP contribution in [0.2, 0.25) is 0 Å². The number of benzene rings is 2. The Morgan fingerprint density at radius 1 is 0.800 bits per heavy atom. The predicted molar refractivity (Wildman–Crippen MR) is 95.0 cm³/mol. The van der Waals surface area contributed by atoms with Crippen molar-refractivity contribution in [2.45, 2.75) is 25.7 Å². The second kappa shape index (κ2) is 7.17. The molecule has 0 aromatic heterocycles. The Hall–Kier alpha value is -2.50. The van der Waals surface area contributed by atoms with E-state index in [4.69, 9.17) is 15.9 Å². The lowest BCUT2D eigenvalue weighted by atomic mass is 9.78. The highest BCUT2D eigenvalue weighted by molar-refractivity contribution is 6.29. The number of hydrogen-bond donors (Lipinski definition) is 3. The molecule has 0 saturated heterocycles. The molecule has 0 bridgehead atoms. The second-order valence-corrected chi connectivity index (χ2v) is 6.21. The van der Waals surface area contributed by atoms with E-state index in [1.165, 1.54) is 0 Å². The van der Waals surface area contributed by atoms with Gasteiger partial charge in [0.15, 0.2) is 11.6 Å². The standard InChI is InChI=1S/C20H21NO4/c21-16-9-8-15-18(13(16)7-3-11-23)20(25)14-6-1-4-12(5-2-10-22)17(14)19(15)24/h1,4,6,8-9,22-23H,2-3,5,7,10-11,21H2. The van der Waals surface area contributed by atoms with Crippen LogP contribution in [0.3, 0.4) is 0 Å². The molecular formula is C20H21NO4. The number of aryl methyl sites for hydroxylation is 1. The van der Waals surface area contributed by atoms with Crippen molar-refractivity contribution < 1.29 is 19.8 Å². The minimum atomic E-state index is -0.198. The van der Waals surface area contributed by atoms with Gasteiger partial charge in [-0.1, -0.05) is 18.2 Å². The fraction of sp³-hybridized carbons (Fsp3) is 0.300. The molecule has 5 heteroatoms. The fourth-order valence-electron chi connectivity index (χ4n) is 3.44. The van der Waals surface area contributed by atoms with E-state index in [0.717, 1.165) is 5.56 Å². The number of ketones is 2. The normalized spacial score (nSPS) is 12.9. The van der Waals surface area contributed by atoms with Gasteiger partial charge in [0.25, 0.3) is 0 Å². The summed E-state index contributed by atoms with van der Waals surface area (Å²) in [6, 6.07) is 8.52.